The fourth-order valence-corrected chi connectivity index (χ4v) is 4.07. The van der Waals surface area contributed by atoms with Crippen LogP contribution >= 0.6 is 0 Å². The average molecular weight is 397 g/mol. The first kappa shape index (κ1) is 19.2. The Labute approximate surface area is 167 Å². The Bertz CT molecular complexity index is 1100. The van der Waals surface area contributed by atoms with Gasteiger partial charge >= 0.3 is 5.97 Å². The Morgan fingerprint density at radius 3 is 2.69 bits per heavy atom. The number of ether oxygens (including phenoxy) is 1. The van der Waals surface area contributed by atoms with Crippen LogP contribution in [0.5, 0.6) is 0 Å². The minimum Gasteiger partial charge on any atom is -0.462 e. The molecule has 2 heterocycles. The molecule has 0 atom stereocenters. The summed E-state index contributed by atoms with van der Waals surface area (Å²) in [7, 11) is 0. The van der Waals surface area contributed by atoms with Crippen LogP contribution in [0.4, 0.5) is 11.4 Å². The lowest BCUT2D eigenvalue weighted by Gasteiger charge is -2.28. The maximum atomic E-state index is 13.1. The van der Waals surface area contributed by atoms with Crippen LogP contribution in [0.1, 0.15) is 48.1 Å². The fraction of sp³-hybridized carbons (Fsp3) is 0.429. The molecule has 1 aliphatic heterocycles. The largest absolute Gasteiger partial charge is 0.462 e. The highest BCUT2D eigenvalue weighted by atomic mass is 16.6. The van der Waals surface area contributed by atoms with Crippen LogP contribution < -0.4 is 10.3 Å². The lowest BCUT2D eigenvalue weighted by Crippen LogP contribution is -2.29. The smallest absolute Gasteiger partial charge is 0.343 e. The number of aromatic nitrogens is 1. The van der Waals surface area contributed by atoms with Crippen molar-refractivity contribution >= 4 is 28.2 Å². The number of rotatable bonds is 5. The third-order valence-electron chi connectivity index (χ3n) is 5.51. The van der Waals surface area contributed by atoms with E-state index in [-0.39, 0.29) is 29.3 Å². The monoisotopic (exact) mass is 397 g/mol. The van der Waals surface area contributed by atoms with Gasteiger partial charge in [-0.05, 0) is 33.1 Å². The number of carbonyl (C=O) groups excluding carboxylic acids is 1. The topological polar surface area (TPSA) is 94.7 Å². The zero-order chi connectivity index (χ0) is 20.7. The van der Waals surface area contributed by atoms with Crippen LogP contribution in [0.3, 0.4) is 0 Å². The molecule has 2 aromatic rings. The summed E-state index contributed by atoms with van der Waals surface area (Å²) in [6, 6.07) is 1.51. The van der Waals surface area contributed by atoms with E-state index < -0.39 is 16.3 Å². The molecule has 0 radical (unpaired) electrons. The van der Waals surface area contributed by atoms with E-state index >= 15 is 0 Å². The molecule has 0 amide bonds. The molecule has 152 valence electrons. The molecular formula is C21H23N3O5. The number of anilines is 1. The van der Waals surface area contributed by atoms with Crippen molar-refractivity contribution in [2.45, 2.75) is 39.2 Å². The molecule has 4 rings (SSSR count). The molecule has 0 N–H and O–H groups in total. The minimum absolute atomic E-state index is 0.0754. The van der Waals surface area contributed by atoms with Crippen LogP contribution in [0.15, 0.2) is 29.2 Å². The maximum absolute atomic E-state index is 13.1. The van der Waals surface area contributed by atoms with E-state index in [2.05, 4.69) is 6.08 Å². The van der Waals surface area contributed by atoms with E-state index in [1.807, 2.05) is 22.5 Å². The van der Waals surface area contributed by atoms with Gasteiger partial charge in [0, 0.05) is 37.0 Å². The normalized spacial score (nSPS) is 16.3. The summed E-state index contributed by atoms with van der Waals surface area (Å²) >= 11 is 0. The van der Waals surface area contributed by atoms with E-state index in [4.69, 9.17) is 4.74 Å². The summed E-state index contributed by atoms with van der Waals surface area (Å²) < 4.78 is 6.97. The Kier molecular flexibility index (Phi) is 4.86. The first-order chi connectivity index (χ1) is 13.9. The van der Waals surface area contributed by atoms with Crippen molar-refractivity contribution < 1.29 is 14.5 Å². The van der Waals surface area contributed by atoms with Gasteiger partial charge in [-0.2, -0.15) is 0 Å². The van der Waals surface area contributed by atoms with Gasteiger partial charge in [0.25, 0.3) is 5.69 Å². The van der Waals surface area contributed by atoms with E-state index in [9.17, 15) is 19.7 Å². The molecule has 0 saturated heterocycles. The average Bonchev–Trinajstić information content (AvgIpc) is 3.54. The quantitative estimate of drug-likeness (QED) is 0.332. The summed E-state index contributed by atoms with van der Waals surface area (Å²) in [6.07, 6.45) is 8.32. The number of carbonyl (C=O) groups is 1. The number of benzene rings is 1. The first-order valence-electron chi connectivity index (χ1n) is 9.88. The summed E-state index contributed by atoms with van der Waals surface area (Å²) in [5.41, 5.74) is 1.21. The molecular weight excluding hydrogens is 374 g/mol. The summed E-state index contributed by atoms with van der Waals surface area (Å²) in [6.45, 7) is 4.92. The minimum atomic E-state index is -0.695. The molecule has 0 spiro atoms. The molecule has 1 aromatic heterocycles. The van der Waals surface area contributed by atoms with Crippen molar-refractivity contribution in [3.63, 3.8) is 0 Å². The fourth-order valence-electron chi connectivity index (χ4n) is 4.07. The number of nitro groups is 1. The van der Waals surface area contributed by atoms with E-state index in [0.717, 1.165) is 19.3 Å². The number of nitro benzene ring substituents is 1. The zero-order valence-corrected chi connectivity index (χ0v) is 16.5. The second kappa shape index (κ2) is 7.35. The van der Waals surface area contributed by atoms with Gasteiger partial charge in [-0.25, -0.2) is 4.79 Å². The zero-order valence-electron chi connectivity index (χ0n) is 16.5. The standard InChI is InChI=1S/C21H23N3O5/c1-3-29-21(26)16-12-23(14-7-8-14)18-13(2)19(22-9-5-4-6-10-22)17(24(27)28)11-15(18)20(16)25/h4-5,11-12,14H,3,6-10H2,1-2H3. The molecule has 1 aliphatic carbocycles. The summed E-state index contributed by atoms with van der Waals surface area (Å²) in [5, 5.41) is 12.1. The van der Waals surface area contributed by atoms with Crippen molar-refractivity contribution in [3.05, 3.63) is 55.9 Å². The van der Waals surface area contributed by atoms with E-state index in [1.165, 1.54) is 6.07 Å². The van der Waals surface area contributed by atoms with Crippen LogP contribution in [0.25, 0.3) is 10.9 Å². The number of hydrogen-bond donors (Lipinski definition) is 0. The number of fused-ring (bicyclic) bond motifs is 1. The van der Waals surface area contributed by atoms with Gasteiger partial charge in [0.15, 0.2) is 0 Å². The lowest BCUT2D eigenvalue weighted by molar-refractivity contribution is -0.384. The lowest BCUT2D eigenvalue weighted by atomic mass is 10.0. The van der Waals surface area contributed by atoms with Crippen molar-refractivity contribution in [2.75, 3.05) is 24.6 Å². The predicted octanol–water partition coefficient (Wildman–Crippen LogP) is 3.50. The second-order valence-electron chi connectivity index (χ2n) is 7.46. The molecule has 29 heavy (non-hydrogen) atoms. The van der Waals surface area contributed by atoms with Gasteiger partial charge in [-0.3, -0.25) is 14.9 Å². The molecule has 0 bridgehead atoms. The van der Waals surface area contributed by atoms with Crippen molar-refractivity contribution in [2.24, 2.45) is 0 Å². The molecule has 2 aliphatic rings. The van der Waals surface area contributed by atoms with Crippen LogP contribution in [-0.4, -0.2) is 35.2 Å². The first-order valence-corrected chi connectivity index (χ1v) is 9.88. The van der Waals surface area contributed by atoms with Gasteiger partial charge in [0.05, 0.1) is 22.4 Å². The Morgan fingerprint density at radius 1 is 1.34 bits per heavy atom. The highest BCUT2D eigenvalue weighted by Crippen LogP contribution is 2.42. The Hall–Kier alpha value is -3.16. The van der Waals surface area contributed by atoms with Crippen molar-refractivity contribution in [1.82, 2.24) is 4.57 Å². The third kappa shape index (κ3) is 3.28. The number of pyridine rings is 1. The molecule has 1 aromatic carbocycles. The van der Waals surface area contributed by atoms with E-state index in [0.29, 0.717) is 29.9 Å². The van der Waals surface area contributed by atoms with Crippen LogP contribution in [0.2, 0.25) is 0 Å². The van der Waals surface area contributed by atoms with Crippen molar-refractivity contribution in [1.29, 1.82) is 0 Å². The van der Waals surface area contributed by atoms with Gasteiger partial charge < -0.3 is 14.2 Å². The van der Waals surface area contributed by atoms with Crippen LogP contribution in [0, 0.1) is 17.0 Å². The maximum Gasteiger partial charge on any atom is 0.343 e. The molecule has 0 unspecified atom stereocenters. The second-order valence-corrected chi connectivity index (χ2v) is 7.46. The Morgan fingerprint density at radius 2 is 2.10 bits per heavy atom. The molecule has 8 nitrogen and oxygen atoms in total. The highest BCUT2D eigenvalue weighted by molar-refractivity contribution is 5.98. The SMILES string of the molecule is CCOC(=O)c1cn(C2CC2)c2c(C)c(N3CC=CCC3)c([N+](=O)[O-])cc2c1=O. The Balaban J connectivity index is 2.05. The summed E-state index contributed by atoms with van der Waals surface area (Å²) in [5.74, 6) is -0.695. The third-order valence-corrected chi connectivity index (χ3v) is 5.51. The van der Waals surface area contributed by atoms with Gasteiger partial charge in [0.1, 0.15) is 11.3 Å². The molecule has 1 fully saturated rings. The predicted molar refractivity (Wildman–Crippen MR) is 110 cm³/mol. The summed E-state index contributed by atoms with van der Waals surface area (Å²) in [4.78, 5) is 38.8. The number of nitrogens with zero attached hydrogens (tertiary/aromatic N) is 3. The highest BCUT2D eigenvalue weighted by Gasteiger charge is 2.32. The number of hydrogen-bond acceptors (Lipinski definition) is 6. The van der Waals surface area contributed by atoms with Crippen LogP contribution in [-0.2, 0) is 4.74 Å². The van der Waals surface area contributed by atoms with Gasteiger partial charge in [-0.1, -0.05) is 12.2 Å². The number of esters is 1. The molecule has 8 heteroatoms. The van der Waals surface area contributed by atoms with Gasteiger partial charge in [0.2, 0.25) is 5.43 Å². The van der Waals surface area contributed by atoms with Crippen molar-refractivity contribution in [3.8, 4) is 0 Å². The number of aryl methyl sites for hydroxylation is 1. The molecule has 1 saturated carbocycles. The van der Waals surface area contributed by atoms with E-state index in [1.54, 1.807) is 13.1 Å². The van der Waals surface area contributed by atoms with Gasteiger partial charge in [-0.15, -0.1) is 0 Å².